The third-order valence-electron chi connectivity index (χ3n) is 3.86. The molecule has 1 aliphatic carbocycles. The van der Waals surface area contributed by atoms with Crippen molar-refractivity contribution in [1.29, 1.82) is 0 Å². The van der Waals surface area contributed by atoms with Crippen LogP contribution in [0, 0.1) is 11.8 Å². The number of benzene rings is 1. The van der Waals surface area contributed by atoms with E-state index in [1.165, 1.54) is 6.92 Å². The molecule has 2 rings (SSSR count). The van der Waals surface area contributed by atoms with E-state index < -0.39 is 17.8 Å². The fourth-order valence-electron chi connectivity index (χ4n) is 2.68. The first-order valence-corrected chi connectivity index (χ1v) is 7.42. The maximum Gasteiger partial charge on any atom is 0.228 e. The Kier molecular flexibility index (Phi) is 5.16. The van der Waals surface area contributed by atoms with Gasteiger partial charge in [0.1, 0.15) is 0 Å². The maximum absolute atomic E-state index is 12.4. The second-order valence-electron chi connectivity index (χ2n) is 5.77. The van der Waals surface area contributed by atoms with Crippen LogP contribution < -0.4 is 15.7 Å². The number of amides is 2. The highest BCUT2D eigenvalue weighted by molar-refractivity contribution is 5.96. The molecule has 2 amide bonds. The zero-order valence-electron chi connectivity index (χ0n) is 13.1. The lowest BCUT2D eigenvalue weighted by atomic mass is 9.79. The van der Waals surface area contributed by atoms with Gasteiger partial charge in [-0.15, -0.1) is 0 Å². The van der Waals surface area contributed by atoms with Gasteiger partial charge in [0.15, 0.2) is 0 Å². The average Bonchev–Trinajstić information content (AvgIpc) is 2.48. The molecule has 0 saturated carbocycles. The van der Waals surface area contributed by atoms with Crippen LogP contribution in [-0.4, -0.2) is 17.8 Å². The Morgan fingerprint density at radius 1 is 1.04 bits per heavy atom. The summed E-state index contributed by atoms with van der Waals surface area (Å²) in [6.45, 7) is 3.29. The lowest BCUT2D eigenvalue weighted by Gasteiger charge is -2.30. The molecule has 0 radical (unpaired) electrons. The SMILES string of the molecule is CC(=O)Nc1ccc(NC(=O)[C@@H]2CC(C)=CC[C@@H]2C(=O)[O-])cc1. The molecule has 6 heteroatoms. The van der Waals surface area contributed by atoms with Crippen molar-refractivity contribution >= 4 is 29.2 Å². The lowest BCUT2D eigenvalue weighted by Crippen LogP contribution is -2.42. The number of carbonyl (C=O) groups excluding carboxylic acids is 3. The van der Waals surface area contributed by atoms with E-state index in [0.717, 1.165) is 5.57 Å². The molecule has 0 bridgehead atoms. The molecular weight excluding hydrogens is 296 g/mol. The summed E-state index contributed by atoms with van der Waals surface area (Å²) in [7, 11) is 0. The molecule has 0 spiro atoms. The van der Waals surface area contributed by atoms with Gasteiger partial charge in [-0.3, -0.25) is 9.59 Å². The molecule has 2 atom stereocenters. The fourth-order valence-corrected chi connectivity index (χ4v) is 2.68. The Morgan fingerprint density at radius 3 is 2.13 bits per heavy atom. The summed E-state index contributed by atoms with van der Waals surface area (Å²) >= 11 is 0. The zero-order chi connectivity index (χ0) is 17.0. The molecule has 23 heavy (non-hydrogen) atoms. The number of rotatable bonds is 4. The number of hydrogen-bond donors (Lipinski definition) is 2. The summed E-state index contributed by atoms with van der Waals surface area (Å²) in [6, 6.07) is 6.64. The highest BCUT2D eigenvalue weighted by atomic mass is 16.4. The van der Waals surface area contributed by atoms with E-state index in [-0.39, 0.29) is 11.8 Å². The van der Waals surface area contributed by atoms with Gasteiger partial charge in [0.25, 0.3) is 0 Å². The summed E-state index contributed by atoms with van der Waals surface area (Å²) in [5.74, 6) is -3.16. The first-order chi connectivity index (χ1) is 10.9. The van der Waals surface area contributed by atoms with Gasteiger partial charge in [0.05, 0.1) is 5.92 Å². The summed E-state index contributed by atoms with van der Waals surface area (Å²) < 4.78 is 0. The Balaban J connectivity index is 2.06. The van der Waals surface area contributed by atoms with E-state index in [9.17, 15) is 19.5 Å². The van der Waals surface area contributed by atoms with Crippen LogP contribution in [0.3, 0.4) is 0 Å². The number of nitrogens with one attached hydrogen (secondary N) is 2. The number of anilines is 2. The van der Waals surface area contributed by atoms with Gasteiger partial charge < -0.3 is 20.5 Å². The number of allylic oxidation sites excluding steroid dienone is 2. The molecule has 0 saturated heterocycles. The van der Waals surface area contributed by atoms with Crippen LogP contribution in [-0.2, 0) is 14.4 Å². The largest absolute Gasteiger partial charge is 0.550 e. The molecule has 6 nitrogen and oxygen atoms in total. The van der Waals surface area contributed by atoms with Gasteiger partial charge in [-0.05, 0) is 44.0 Å². The second-order valence-corrected chi connectivity index (χ2v) is 5.77. The molecule has 122 valence electrons. The van der Waals surface area contributed by atoms with E-state index >= 15 is 0 Å². The van der Waals surface area contributed by atoms with E-state index in [0.29, 0.717) is 24.2 Å². The quantitative estimate of drug-likeness (QED) is 0.818. The number of carboxylic acid groups (broad SMARTS) is 1. The van der Waals surface area contributed by atoms with E-state index in [1.54, 1.807) is 24.3 Å². The third kappa shape index (κ3) is 4.42. The maximum atomic E-state index is 12.4. The molecule has 0 aromatic heterocycles. The fraction of sp³-hybridized carbons (Fsp3) is 0.353. The Labute approximate surface area is 134 Å². The minimum Gasteiger partial charge on any atom is -0.550 e. The molecule has 1 aromatic rings. The molecule has 1 aliphatic rings. The predicted molar refractivity (Wildman–Crippen MR) is 84.4 cm³/mol. The standard InChI is InChI=1S/C17H20N2O4/c1-10-3-8-14(17(22)23)15(9-10)16(21)19-13-6-4-12(5-7-13)18-11(2)20/h3-7,14-15H,8-9H2,1-2H3,(H,18,20)(H,19,21)(H,22,23)/p-1/t14-,15+/m0/s1. The predicted octanol–water partition coefficient (Wildman–Crippen LogP) is 1.31. The van der Waals surface area contributed by atoms with Crippen molar-refractivity contribution in [2.75, 3.05) is 10.6 Å². The van der Waals surface area contributed by atoms with Crippen LogP contribution in [0.25, 0.3) is 0 Å². The van der Waals surface area contributed by atoms with Crippen LogP contribution in [0.15, 0.2) is 35.9 Å². The van der Waals surface area contributed by atoms with E-state index in [4.69, 9.17) is 0 Å². The van der Waals surface area contributed by atoms with Gasteiger partial charge in [-0.25, -0.2) is 0 Å². The summed E-state index contributed by atoms with van der Waals surface area (Å²) in [4.78, 5) is 34.6. The molecule has 0 fully saturated rings. The van der Waals surface area contributed by atoms with Gasteiger partial charge >= 0.3 is 0 Å². The molecule has 0 heterocycles. The van der Waals surface area contributed by atoms with Crippen molar-refractivity contribution in [3.63, 3.8) is 0 Å². The van der Waals surface area contributed by atoms with Crippen molar-refractivity contribution in [2.45, 2.75) is 26.7 Å². The molecule has 1 aromatic carbocycles. The number of carbonyl (C=O) groups is 3. The van der Waals surface area contributed by atoms with Crippen LogP contribution >= 0.6 is 0 Å². The Bertz CT molecular complexity index is 649. The van der Waals surface area contributed by atoms with Gasteiger partial charge in [0.2, 0.25) is 11.8 Å². The smallest absolute Gasteiger partial charge is 0.228 e. The normalized spacial score (nSPS) is 20.3. The van der Waals surface area contributed by atoms with Crippen molar-refractivity contribution in [3.8, 4) is 0 Å². The van der Waals surface area contributed by atoms with E-state index in [2.05, 4.69) is 10.6 Å². The summed E-state index contributed by atoms with van der Waals surface area (Å²) in [5.41, 5.74) is 2.18. The monoisotopic (exact) mass is 315 g/mol. The zero-order valence-corrected chi connectivity index (χ0v) is 13.1. The minimum atomic E-state index is -1.20. The highest BCUT2D eigenvalue weighted by Gasteiger charge is 2.31. The first kappa shape index (κ1) is 16.7. The van der Waals surface area contributed by atoms with Gasteiger partial charge in [-0.1, -0.05) is 11.6 Å². The second kappa shape index (κ2) is 7.09. The first-order valence-electron chi connectivity index (χ1n) is 7.42. The Morgan fingerprint density at radius 2 is 1.61 bits per heavy atom. The Hall–Kier alpha value is -2.63. The van der Waals surface area contributed by atoms with Crippen LogP contribution in [0.5, 0.6) is 0 Å². The van der Waals surface area contributed by atoms with Gasteiger partial charge in [-0.2, -0.15) is 0 Å². The lowest BCUT2D eigenvalue weighted by molar-refractivity contribution is -0.313. The number of hydrogen-bond acceptors (Lipinski definition) is 4. The summed E-state index contributed by atoms with van der Waals surface area (Å²) in [5, 5.41) is 16.6. The van der Waals surface area contributed by atoms with Crippen LogP contribution in [0.2, 0.25) is 0 Å². The van der Waals surface area contributed by atoms with Crippen molar-refractivity contribution < 1.29 is 19.5 Å². The highest BCUT2D eigenvalue weighted by Crippen LogP contribution is 2.30. The average molecular weight is 315 g/mol. The van der Waals surface area contributed by atoms with Crippen molar-refractivity contribution in [2.24, 2.45) is 11.8 Å². The summed E-state index contributed by atoms with van der Waals surface area (Å²) in [6.07, 6.45) is 2.56. The minimum absolute atomic E-state index is 0.178. The van der Waals surface area contributed by atoms with Crippen molar-refractivity contribution in [1.82, 2.24) is 0 Å². The van der Waals surface area contributed by atoms with Crippen LogP contribution in [0.1, 0.15) is 26.7 Å². The topological polar surface area (TPSA) is 98.3 Å². The molecule has 0 aliphatic heterocycles. The number of carboxylic acids is 1. The third-order valence-corrected chi connectivity index (χ3v) is 3.86. The molecular formula is C17H19N2O4-. The number of aliphatic carboxylic acids is 1. The van der Waals surface area contributed by atoms with E-state index in [1.807, 2.05) is 13.0 Å². The van der Waals surface area contributed by atoms with Crippen molar-refractivity contribution in [3.05, 3.63) is 35.9 Å². The van der Waals surface area contributed by atoms with Crippen LogP contribution in [0.4, 0.5) is 11.4 Å². The molecule has 0 unspecified atom stereocenters. The van der Waals surface area contributed by atoms with Gasteiger partial charge in [0, 0.05) is 30.2 Å². The molecule has 2 N–H and O–H groups in total.